The summed E-state index contributed by atoms with van der Waals surface area (Å²) >= 11 is 0. The summed E-state index contributed by atoms with van der Waals surface area (Å²) in [5.41, 5.74) is 0. The highest BCUT2D eigenvalue weighted by atomic mass is 16.5. The molecule has 2 rings (SSSR count). The fraction of sp³-hybridized carbons (Fsp3) is 0.900. The van der Waals surface area contributed by atoms with Crippen molar-refractivity contribution < 1.29 is 9.53 Å². The Hall–Kier alpha value is -0.570. The number of carbonyl (C=O) groups is 1. The molecule has 2 fully saturated rings. The number of methoxy groups -OCH3 is 1. The lowest BCUT2D eigenvalue weighted by atomic mass is 9.82. The molecule has 0 aromatic rings. The van der Waals surface area contributed by atoms with Gasteiger partial charge in [0.15, 0.2) is 0 Å². The van der Waals surface area contributed by atoms with Gasteiger partial charge in [-0.3, -0.25) is 4.79 Å². The lowest BCUT2D eigenvalue weighted by Gasteiger charge is -2.32. The number of hydrogen-bond acceptors (Lipinski definition) is 3. The van der Waals surface area contributed by atoms with E-state index in [4.69, 9.17) is 4.74 Å². The third-order valence-corrected chi connectivity index (χ3v) is 3.45. The van der Waals surface area contributed by atoms with E-state index in [1.165, 1.54) is 26.4 Å². The number of piperidine rings is 1. The Morgan fingerprint density at radius 3 is 3.00 bits per heavy atom. The van der Waals surface area contributed by atoms with E-state index in [2.05, 4.69) is 5.32 Å². The van der Waals surface area contributed by atoms with Gasteiger partial charge in [0.2, 0.25) is 0 Å². The first kappa shape index (κ1) is 9.00. The maximum atomic E-state index is 11.5. The Labute approximate surface area is 78.8 Å². The van der Waals surface area contributed by atoms with Crippen LogP contribution in [0.2, 0.25) is 0 Å². The zero-order valence-electron chi connectivity index (χ0n) is 8.08. The predicted octanol–water partition coefficient (Wildman–Crippen LogP) is 0.938. The highest BCUT2D eigenvalue weighted by Crippen LogP contribution is 2.36. The predicted molar refractivity (Wildman–Crippen MR) is 49.3 cm³/mol. The van der Waals surface area contributed by atoms with Crippen LogP contribution in [-0.4, -0.2) is 25.7 Å². The van der Waals surface area contributed by atoms with Gasteiger partial charge in [-0.05, 0) is 31.7 Å². The number of nitrogens with one attached hydrogen (secondary N) is 1. The molecule has 1 heterocycles. The van der Waals surface area contributed by atoms with E-state index in [0.717, 1.165) is 13.0 Å². The van der Waals surface area contributed by atoms with Crippen LogP contribution >= 0.6 is 0 Å². The van der Waals surface area contributed by atoms with Crippen LogP contribution in [-0.2, 0) is 9.53 Å². The summed E-state index contributed by atoms with van der Waals surface area (Å²) in [4.78, 5) is 11.5. The summed E-state index contributed by atoms with van der Waals surface area (Å²) in [6, 6.07) is 0.581. The van der Waals surface area contributed by atoms with Crippen molar-refractivity contribution in [3.63, 3.8) is 0 Å². The quantitative estimate of drug-likeness (QED) is 0.615. The van der Waals surface area contributed by atoms with Crippen molar-refractivity contribution in [1.82, 2.24) is 5.32 Å². The topological polar surface area (TPSA) is 38.3 Å². The van der Waals surface area contributed by atoms with E-state index in [-0.39, 0.29) is 11.9 Å². The van der Waals surface area contributed by atoms with E-state index in [9.17, 15) is 4.79 Å². The van der Waals surface area contributed by atoms with E-state index in [0.29, 0.717) is 12.0 Å². The molecular weight excluding hydrogens is 166 g/mol. The second kappa shape index (κ2) is 3.66. The van der Waals surface area contributed by atoms with Gasteiger partial charge in [-0.1, -0.05) is 6.42 Å². The maximum Gasteiger partial charge on any atom is 0.309 e. The second-order valence-electron chi connectivity index (χ2n) is 4.07. The lowest BCUT2D eigenvalue weighted by molar-refractivity contribution is -0.148. The minimum Gasteiger partial charge on any atom is -0.469 e. The maximum absolute atomic E-state index is 11.5. The molecule has 2 aliphatic rings. The minimum absolute atomic E-state index is 0.00148. The van der Waals surface area contributed by atoms with Crippen LogP contribution in [0.4, 0.5) is 0 Å². The average molecular weight is 183 g/mol. The van der Waals surface area contributed by atoms with E-state index >= 15 is 0 Å². The smallest absolute Gasteiger partial charge is 0.309 e. The first-order valence-corrected chi connectivity index (χ1v) is 5.14. The third kappa shape index (κ3) is 1.57. The Balaban J connectivity index is 2.05. The summed E-state index contributed by atoms with van der Waals surface area (Å²) in [6.07, 6.45) is 4.64. The summed E-state index contributed by atoms with van der Waals surface area (Å²) in [5.74, 6) is 0.707. The summed E-state index contributed by atoms with van der Waals surface area (Å²) < 4.78 is 4.83. The van der Waals surface area contributed by atoms with Crippen LogP contribution in [0, 0.1) is 11.8 Å². The first-order chi connectivity index (χ1) is 6.33. The average Bonchev–Trinajstić information content (AvgIpc) is 2.63. The molecule has 3 nitrogen and oxygen atoms in total. The van der Waals surface area contributed by atoms with Crippen LogP contribution < -0.4 is 5.32 Å². The van der Waals surface area contributed by atoms with Crippen molar-refractivity contribution in [2.45, 2.75) is 31.7 Å². The molecular formula is C10H17NO2. The molecule has 0 aromatic heterocycles. The lowest BCUT2D eigenvalue weighted by Crippen LogP contribution is -2.45. The largest absolute Gasteiger partial charge is 0.469 e. The van der Waals surface area contributed by atoms with Crippen molar-refractivity contribution >= 4 is 5.97 Å². The van der Waals surface area contributed by atoms with Gasteiger partial charge < -0.3 is 10.1 Å². The summed E-state index contributed by atoms with van der Waals surface area (Å²) in [6.45, 7) is 0.973. The second-order valence-corrected chi connectivity index (χ2v) is 4.07. The van der Waals surface area contributed by atoms with Crippen molar-refractivity contribution in [2.24, 2.45) is 11.8 Å². The van der Waals surface area contributed by atoms with Gasteiger partial charge in [0.25, 0.3) is 0 Å². The molecule has 0 radical (unpaired) electrons. The van der Waals surface area contributed by atoms with Crippen molar-refractivity contribution in [1.29, 1.82) is 0 Å². The molecule has 1 saturated carbocycles. The van der Waals surface area contributed by atoms with Crippen LogP contribution in [0.25, 0.3) is 0 Å². The van der Waals surface area contributed by atoms with E-state index in [1.807, 2.05) is 0 Å². The molecule has 13 heavy (non-hydrogen) atoms. The van der Waals surface area contributed by atoms with Gasteiger partial charge in [-0.2, -0.15) is 0 Å². The van der Waals surface area contributed by atoms with Crippen LogP contribution in [0.1, 0.15) is 25.7 Å². The Bertz CT molecular complexity index is 205. The van der Waals surface area contributed by atoms with E-state index in [1.54, 1.807) is 0 Å². The zero-order chi connectivity index (χ0) is 9.26. The molecule has 1 aliphatic heterocycles. The number of esters is 1. The van der Waals surface area contributed by atoms with Crippen LogP contribution in [0.5, 0.6) is 0 Å². The summed E-state index contributed by atoms with van der Waals surface area (Å²) in [7, 11) is 1.49. The molecule has 1 N–H and O–H groups in total. The summed E-state index contributed by atoms with van der Waals surface area (Å²) in [5, 5.41) is 3.48. The van der Waals surface area contributed by atoms with Gasteiger partial charge in [-0.25, -0.2) is 0 Å². The standard InChI is InChI=1S/C10H17NO2/c1-13-10(12)8-5-6-11-9-4-2-3-7(8)9/h7-9,11H,2-6H2,1H3. The molecule has 0 aromatic carbocycles. The van der Waals surface area contributed by atoms with Gasteiger partial charge in [0, 0.05) is 6.04 Å². The highest BCUT2D eigenvalue weighted by molar-refractivity contribution is 5.73. The normalized spacial score (nSPS) is 38.4. The van der Waals surface area contributed by atoms with Crippen molar-refractivity contribution in [2.75, 3.05) is 13.7 Å². The first-order valence-electron chi connectivity index (χ1n) is 5.14. The zero-order valence-corrected chi connectivity index (χ0v) is 8.08. The molecule has 0 bridgehead atoms. The van der Waals surface area contributed by atoms with Crippen LogP contribution in [0.3, 0.4) is 0 Å². The number of hydrogen-bond donors (Lipinski definition) is 1. The number of ether oxygens (including phenoxy) is 1. The molecule has 3 unspecified atom stereocenters. The number of fused-ring (bicyclic) bond motifs is 1. The van der Waals surface area contributed by atoms with Gasteiger partial charge >= 0.3 is 5.97 Å². The monoisotopic (exact) mass is 183 g/mol. The molecule has 0 spiro atoms. The molecule has 0 amide bonds. The SMILES string of the molecule is COC(=O)C1CCNC2CCCC21. The molecule has 1 aliphatic carbocycles. The Morgan fingerprint density at radius 1 is 1.38 bits per heavy atom. The number of carbonyl (C=O) groups excluding carboxylic acids is 1. The number of rotatable bonds is 1. The fourth-order valence-corrected chi connectivity index (χ4v) is 2.81. The van der Waals surface area contributed by atoms with Crippen molar-refractivity contribution in [3.05, 3.63) is 0 Å². The molecule has 1 saturated heterocycles. The van der Waals surface area contributed by atoms with Gasteiger partial charge in [0.05, 0.1) is 13.0 Å². The Kier molecular flexibility index (Phi) is 2.54. The molecule has 3 heteroatoms. The van der Waals surface area contributed by atoms with Crippen LogP contribution in [0.15, 0.2) is 0 Å². The van der Waals surface area contributed by atoms with Gasteiger partial charge in [-0.15, -0.1) is 0 Å². The third-order valence-electron chi connectivity index (χ3n) is 3.45. The minimum atomic E-state index is -0.00148. The van der Waals surface area contributed by atoms with Crippen molar-refractivity contribution in [3.8, 4) is 0 Å². The molecule has 74 valence electrons. The van der Waals surface area contributed by atoms with Gasteiger partial charge in [0.1, 0.15) is 0 Å². The Morgan fingerprint density at radius 2 is 2.23 bits per heavy atom. The fourth-order valence-electron chi connectivity index (χ4n) is 2.81. The molecule has 3 atom stereocenters. The highest BCUT2D eigenvalue weighted by Gasteiger charge is 2.40. The van der Waals surface area contributed by atoms with E-state index < -0.39 is 0 Å².